The molecule has 1 N–H and O–H groups in total. The maximum atomic E-state index is 12.6. The summed E-state index contributed by atoms with van der Waals surface area (Å²) in [5.41, 5.74) is 2.34. The smallest absolute Gasteiger partial charge is 0.224 e. The molecule has 1 fully saturated rings. The van der Waals surface area contributed by atoms with Gasteiger partial charge in [-0.25, -0.2) is 0 Å². The van der Waals surface area contributed by atoms with Gasteiger partial charge in [0.05, 0.1) is 5.92 Å². The maximum Gasteiger partial charge on any atom is 0.224 e. The third-order valence-electron chi connectivity index (χ3n) is 4.95. The molecule has 2 rings (SSSR count). The van der Waals surface area contributed by atoms with E-state index in [9.17, 15) is 9.59 Å². The van der Waals surface area contributed by atoms with E-state index in [0.717, 1.165) is 19.4 Å². The number of likely N-dealkylation sites (tertiary alicyclic amines) is 1. The van der Waals surface area contributed by atoms with Crippen molar-refractivity contribution < 1.29 is 9.59 Å². The molecule has 132 valence electrons. The highest BCUT2D eigenvalue weighted by molar-refractivity contribution is 5.81. The fourth-order valence-corrected chi connectivity index (χ4v) is 3.26. The average Bonchev–Trinajstić information content (AvgIpc) is 2.59. The summed E-state index contributed by atoms with van der Waals surface area (Å²) in [4.78, 5) is 26.2. The van der Waals surface area contributed by atoms with Crippen LogP contribution in [0, 0.1) is 12.8 Å². The van der Waals surface area contributed by atoms with E-state index < -0.39 is 0 Å². The van der Waals surface area contributed by atoms with Crippen molar-refractivity contribution in [1.29, 1.82) is 0 Å². The zero-order valence-corrected chi connectivity index (χ0v) is 15.4. The first-order valence-corrected chi connectivity index (χ1v) is 8.96. The second kappa shape index (κ2) is 7.82. The lowest BCUT2D eigenvalue weighted by molar-refractivity contribution is -0.135. The summed E-state index contributed by atoms with van der Waals surface area (Å²) in [6, 6.07) is 8.43. The van der Waals surface area contributed by atoms with E-state index in [4.69, 9.17) is 0 Å². The lowest BCUT2D eigenvalue weighted by Crippen LogP contribution is -2.47. The van der Waals surface area contributed by atoms with Crippen molar-refractivity contribution in [2.75, 3.05) is 19.6 Å². The first-order valence-electron chi connectivity index (χ1n) is 8.96. The molecule has 0 spiro atoms. The molecule has 1 aliphatic heterocycles. The lowest BCUT2D eigenvalue weighted by atomic mass is 9.83. The van der Waals surface area contributed by atoms with E-state index in [2.05, 4.69) is 50.4 Å². The highest BCUT2D eigenvalue weighted by Crippen LogP contribution is 2.24. The lowest BCUT2D eigenvalue weighted by Gasteiger charge is -2.33. The van der Waals surface area contributed by atoms with Crippen LogP contribution in [-0.2, 0) is 15.0 Å². The summed E-state index contributed by atoms with van der Waals surface area (Å²) in [7, 11) is 0. The summed E-state index contributed by atoms with van der Waals surface area (Å²) in [5.74, 6) is 0.138. The molecule has 1 aromatic carbocycles. The van der Waals surface area contributed by atoms with Crippen molar-refractivity contribution in [3.8, 4) is 0 Å². The fourth-order valence-electron chi connectivity index (χ4n) is 3.26. The van der Waals surface area contributed by atoms with E-state index in [1.807, 2.05) is 11.8 Å². The molecule has 4 heteroatoms. The second-order valence-electron chi connectivity index (χ2n) is 7.50. The van der Waals surface area contributed by atoms with Crippen LogP contribution in [0.3, 0.4) is 0 Å². The molecule has 1 heterocycles. The van der Waals surface area contributed by atoms with Gasteiger partial charge in [0.15, 0.2) is 0 Å². The molecule has 2 amide bonds. The van der Waals surface area contributed by atoms with Crippen LogP contribution in [0.15, 0.2) is 24.3 Å². The van der Waals surface area contributed by atoms with Crippen molar-refractivity contribution in [3.63, 3.8) is 0 Å². The highest BCUT2D eigenvalue weighted by Gasteiger charge is 2.29. The van der Waals surface area contributed by atoms with E-state index in [-0.39, 0.29) is 23.1 Å². The van der Waals surface area contributed by atoms with Gasteiger partial charge >= 0.3 is 0 Å². The third kappa shape index (κ3) is 4.59. The molecular weight excluding hydrogens is 300 g/mol. The normalized spacial score (nSPS) is 18.3. The summed E-state index contributed by atoms with van der Waals surface area (Å²) in [6.07, 6.45) is 2.28. The van der Waals surface area contributed by atoms with E-state index in [1.165, 1.54) is 11.1 Å². The van der Waals surface area contributed by atoms with Gasteiger partial charge in [-0.2, -0.15) is 0 Å². The van der Waals surface area contributed by atoms with Crippen LogP contribution in [0.4, 0.5) is 0 Å². The van der Waals surface area contributed by atoms with Gasteiger partial charge in [0.25, 0.3) is 0 Å². The Bertz CT molecular complexity index is 595. The Labute approximate surface area is 145 Å². The van der Waals surface area contributed by atoms with Gasteiger partial charge in [-0.05, 0) is 25.3 Å². The van der Waals surface area contributed by atoms with Crippen molar-refractivity contribution in [2.45, 2.75) is 52.4 Å². The van der Waals surface area contributed by atoms with Crippen LogP contribution >= 0.6 is 0 Å². The van der Waals surface area contributed by atoms with Gasteiger partial charge < -0.3 is 10.2 Å². The molecule has 1 aromatic rings. The Hall–Kier alpha value is -1.84. The van der Waals surface area contributed by atoms with Crippen LogP contribution in [0.2, 0.25) is 0 Å². The fraction of sp³-hybridized carbons (Fsp3) is 0.600. The number of piperidine rings is 1. The van der Waals surface area contributed by atoms with Gasteiger partial charge in [0, 0.05) is 31.5 Å². The minimum absolute atomic E-state index is 0.0735. The minimum atomic E-state index is -0.116. The number of nitrogens with zero attached hydrogens (tertiary/aromatic N) is 1. The zero-order valence-electron chi connectivity index (χ0n) is 15.4. The van der Waals surface area contributed by atoms with Crippen LogP contribution in [0.25, 0.3) is 0 Å². The molecule has 0 radical (unpaired) electrons. The number of nitrogens with one attached hydrogen (secondary N) is 1. The summed E-state index contributed by atoms with van der Waals surface area (Å²) in [5, 5.41) is 3.11. The predicted molar refractivity (Wildman–Crippen MR) is 96.8 cm³/mol. The Morgan fingerprint density at radius 1 is 1.33 bits per heavy atom. The van der Waals surface area contributed by atoms with Gasteiger partial charge in [-0.3, -0.25) is 9.59 Å². The molecule has 24 heavy (non-hydrogen) atoms. The second-order valence-corrected chi connectivity index (χ2v) is 7.50. The monoisotopic (exact) mass is 330 g/mol. The number of carbonyl (C=O) groups excluding carboxylic acids is 2. The molecule has 0 unspecified atom stereocenters. The van der Waals surface area contributed by atoms with Gasteiger partial charge in [-0.15, -0.1) is 0 Å². The van der Waals surface area contributed by atoms with Crippen LogP contribution in [0.1, 0.15) is 51.2 Å². The zero-order chi connectivity index (χ0) is 17.7. The average molecular weight is 330 g/mol. The number of benzene rings is 1. The quantitative estimate of drug-likeness (QED) is 0.902. The molecule has 1 aliphatic rings. The Morgan fingerprint density at radius 2 is 2.08 bits per heavy atom. The molecular formula is C20H30N2O2. The molecule has 4 nitrogen and oxygen atoms in total. The predicted octanol–water partition coefficient (Wildman–Crippen LogP) is 3.04. The first kappa shape index (κ1) is 18.5. The van der Waals surface area contributed by atoms with Crippen LogP contribution in [0.5, 0.6) is 0 Å². The van der Waals surface area contributed by atoms with Gasteiger partial charge in [0.1, 0.15) is 0 Å². The van der Waals surface area contributed by atoms with Gasteiger partial charge in [-0.1, -0.05) is 50.6 Å². The maximum absolute atomic E-state index is 12.6. The largest absolute Gasteiger partial charge is 0.355 e. The third-order valence-corrected chi connectivity index (χ3v) is 4.95. The summed E-state index contributed by atoms with van der Waals surface area (Å²) in [6.45, 7) is 10.2. The molecule has 1 saturated heterocycles. The molecule has 1 atom stereocenters. The van der Waals surface area contributed by atoms with Crippen molar-refractivity contribution >= 4 is 11.8 Å². The van der Waals surface area contributed by atoms with Crippen molar-refractivity contribution in [2.24, 2.45) is 5.92 Å². The van der Waals surface area contributed by atoms with E-state index in [1.54, 1.807) is 0 Å². The first-order chi connectivity index (χ1) is 11.3. The van der Waals surface area contributed by atoms with Crippen molar-refractivity contribution in [3.05, 3.63) is 35.4 Å². The number of carbonyl (C=O) groups is 2. The van der Waals surface area contributed by atoms with E-state index >= 15 is 0 Å². The van der Waals surface area contributed by atoms with Gasteiger partial charge in [0.2, 0.25) is 11.8 Å². The molecule has 0 aromatic heterocycles. The number of amides is 2. The van der Waals surface area contributed by atoms with Crippen LogP contribution in [-0.4, -0.2) is 36.3 Å². The number of rotatable bonds is 5. The Kier molecular flexibility index (Phi) is 6.03. The molecule has 0 saturated carbocycles. The van der Waals surface area contributed by atoms with Crippen LogP contribution < -0.4 is 5.32 Å². The number of hydrogen-bond acceptors (Lipinski definition) is 2. The van der Waals surface area contributed by atoms with Crippen molar-refractivity contribution in [1.82, 2.24) is 10.2 Å². The standard InChI is InChI=1S/C20H30N2O2/c1-5-18(23)22-11-7-9-16(13-22)19(24)21-14-20(3,4)17-10-6-8-15(2)12-17/h6,8,10,12,16H,5,7,9,11,13-14H2,1-4H3,(H,21,24)/t16-/m0/s1. The Morgan fingerprint density at radius 3 is 2.75 bits per heavy atom. The SMILES string of the molecule is CCC(=O)N1CCC[C@H](C(=O)NCC(C)(C)c2cccc(C)c2)C1. The summed E-state index contributed by atoms with van der Waals surface area (Å²) >= 11 is 0. The Balaban J connectivity index is 1.93. The highest BCUT2D eigenvalue weighted by atomic mass is 16.2. The number of hydrogen-bond donors (Lipinski definition) is 1. The molecule has 0 bridgehead atoms. The minimum Gasteiger partial charge on any atom is -0.355 e. The molecule has 0 aliphatic carbocycles. The summed E-state index contributed by atoms with van der Waals surface area (Å²) < 4.78 is 0. The topological polar surface area (TPSA) is 49.4 Å². The van der Waals surface area contributed by atoms with E-state index in [0.29, 0.717) is 19.5 Å². The number of aryl methyl sites for hydroxylation is 1.